The predicted octanol–water partition coefficient (Wildman–Crippen LogP) is 2.36. The van der Waals surface area contributed by atoms with E-state index < -0.39 is 5.91 Å². The Morgan fingerprint density at radius 2 is 2.03 bits per heavy atom. The van der Waals surface area contributed by atoms with Crippen molar-refractivity contribution in [2.75, 3.05) is 0 Å². The van der Waals surface area contributed by atoms with Gasteiger partial charge in [0.1, 0.15) is 11.5 Å². The monoisotopic (exact) mass is 400 g/mol. The minimum atomic E-state index is -0.516. The third kappa shape index (κ3) is 3.07. The molecule has 4 aromatic rings. The second-order valence-electron chi connectivity index (χ2n) is 7.53. The Labute approximate surface area is 172 Å². The van der Waals surface area contributed by atoms with Crippen LogP contribution in [0.3, 0.4) is 0 Å². The second-order valence-corrected chi connectivity index (χ2v) is 7.53. The lowest BCUT2D eigenvalue weighted by Gasteiger charge is -2.12. The van der Waals surface area contributed by atoms with E-state index in [0.29, 0.717) is 17.1 Å². The highest BCUT2D eigenvalue weighted by Gasteiger charge is 2.25. The number of benzene rings is 1. The van der Waals surface area contributed by atoms with Crippen molar-refractivity contribution < 1.29 is 4.79 Å². The number of hydrogen-bond acceptors (Lipinski definition) is 5. The molecule has 8 heteroatoms. The van der Waals surface area contributed by atoms with Gasteiger partial charge in [-0.25, -0.2) is 15.8 Å². The van der Waals surface area contributed by atoms with Crippen LogP contribution in [0, 0.1) is 6.92 Å². The number of hydrogen-bond donors (Lipinski definition) is 2. The van der Waals surface area contributed by atoms with Gasteiger partial charge in [0.2, 0.25) is 0 Å². The van der Waals surface area contributed by atoms with E-state index in [1.807, 2.05) is 42.0 Å². The summed E-state index contributed by atoms with van der Waals surface area (Å²) < 4.78 is 3.45. The molecular weight excluding hydrogens is 380 g/mol. The van der Waals surface area contributed by atoms with Crippen molar-refractivity contribution >= 4 is 16.7 Å². The van der Waals surface area contributed by atoms with Crippen LogP contribution in [0.4, 0.5) is 0 Å². The number of aryl methyl sites for hydroxylation is 1. The Bertz CT molecular complexity index is 1350. The molecule has 0 radical (unpaired) electrons. The molecule has 0 bridgehead atoms. The van der Waals surface area contributed by atoms with Crippen LogP contribution in [-0.4, -0.2) is 25.0 Å². The molecule has 3 N–H and O–H groups in total. The van der Waals surface area contributed by atoms with Gasteiger partial charge in [-0.1, -0.05) is 12.1 Å². The third-order valence-corrected chi connectivity index (χ3v) is 5.41. The van der Waals surface area contributed by atoms with Crippen LogP contribution in [0.5, 0.6) is 0 Å². The number of carbonyl (C=O) groups excluding carboxylic acids is 1. The number of nitrogens with zero attached hydrogens (tertiary/aromatic N) is 4. The molecule has 0 unspecified atom stereocenters. The Kier molecular flexibility index (Phi) is 4.22. The molecule has 1 fully saturated rings. The number of amides is 1. The fourth-order valence-electron chi connectivity index (χ4n) is 3.69. The molecule has 5 rings (SSSR count). The number of nitrogen functional groups attached to an aromatic ring is 1. The number of nitrogens with two attached hydrogens (primary N) is 1. The van der Waals surface area contributed by atoms with Crippen LogP contribution in [0.15, 0.2) is 59.8 Å². The number of carbonyl (C=O) groups is 1. The first-order valence-electron chi connectivity index (χ1n) is 9.74. The van der Waals surface area contributed by atoms with Crippen LogP contribution >= 0.6 is 0 Å². The van der Waals surface area contributed by atoms with Crippen LogP contribution in [0.2, 0.25) is 0 Å². The van der Waals surface area contributed by atoms with Crippen molar-refractivity contribution in [3.63, 3.8) is 0 Å². The molecule has 8 nitrogen and oxygen atoms in total. The standard InChI is InChI=1S/C22H20N6O2/c1-13-9-15-7-8-16(27-11-19(24-12-27)14-5-6-14)10-17(15)22(30)28(13)20-4-2-3-18(25-20)21(29)26-23/h2-4,7-12,14H,5-6,23H2,1H3,(H,26,29). The topological polar surface area (TPSA) is 108 Å². The van der Waals surface area contributed by atoms with Crippen molar-refractivity contribution in [3.8, 4) is 11.5 Å². The third-order valence-electron chi connectivity index (χ3n) is 5.41. The molecule has 1 saturated carbocycles. The molecular formula is C22H20N6O2. The van der Waals surface area contributed by atoms with Gasteiger partial charge in [-0.3, -0.25) is 19.6 Å². The van der Waals surface area contributed by atoms with E-state index in [0.717, 1.165) is 22.5 Å². The van der Waals surface area contributed by atoms with Gasteiger partial charge < -0.3 is 4.57 Å². The summed E-state index contributed by atoms with van der Waals surface area (Å²) in [4.78, 5) is 34.0. The van der Waals surface area contributed by atoms with Crippen molar-refractivity contribution in [2.45, 2.75) is 25.7 Å². The maximum atomic E-state index is 13.4. The molecule has 0 aliphatic heterocycles. The molecule has 0 spiro atoms. The number of nitrogens with one attached hydrogen (secondary N) is 1. The van der Waals surface area contributed by atoms with Crippen LogP contribution in [-0.2, 0) is 0 Å². The first kappa shape index (κ1) is 18.3. The average molecular weight is 400 g/mol. The smallest absolute Gasteiger partial charge is 0.283 e. The summed E-state index contributed by atoms with van der Waals surface area (Å²) in [6, 6.07) is 12.6. The highest BCUT2D eigenvalue weighted by molar-refractivity contribution is 5.92. The van der Waals surface area contributed by atoms with Gasteiger partial charge in [0.15, 0.2) is 0 Å². The van der Waals surface area contributed by atoms with E-state index in [1.165, 1.54) is 17.4 Å². The maximum Gasteiger partial charge on any atom is 0.283 e. The van der Waals surface area contributed by atoms with E-state index in [1.54, 1.807) is 24.5 Å². The summed E-state index contributed by atoms with van der Waals surface area (Å²) in [5.41, 5.74) is 4.69. The number of aromatic nitrogens is 4. The number of imidazole rings is 1. The summed E-state index contributed by atoms with van der Waals surface area (Å²) in [6.45, 7) is 1.84. The van der Waals surface area contributed by atoms with Crippen molar-refractivity contribution in [2.24, 2.45) is 5.84 Å². The van der Waals surface area contributed by atoms with Gasteiger partial charge in [-0.2, -0.15) is 0 Å². The number of hydrazine groups is 1. The second kappa shape index (κ2) is 6.93. The van der Waals surface area contributed by atoms with E-state index in [-0.39, 0.29) is 11.3 Å². The normalized spacial score (nSPS) is 13.5. The Morgan fingerprint density at radius 1 is 1.20 bits per heavy atom. The SMILES string of the molecule is Cc1cc2ccc(-n3cnc(C4CC4)c3)cc2c(=O)n1-c1cccc(C(=O)NN)n1. The van der Waals surface area contributed by atoms with Crippen molar-refractivity contribution in [1.82, 2.24) is 24.5 Å². The fraction of sp³-hybridized carbons (Fsp3) is 0.182. The molecule has 1 amide bonds. The summed E-state index contributed by atoms with van der Waals surface area (Å²) >= 11 is 0. The lowest BCUT2D eigenvalue weighted by Crippen LogP contribution is -2.31. The first-order chi connectivity index (χ1) is 14.5. The highest BCUT2D eigenvalue weighted by Crippen LogP contribution is 2.39. The van der Waals surface area contributed by atoms with E-state index in [9.17, 15) is 9.59 Å². The molecule has 150 valence electrons. The molecule has 1 aliphatic carbocycles. The zero-order valence-corrected chi connectivity index (χ0v) is 16.4. The molecule has 3 aromatic heterocycles. The first-order valence-corrected chi connectivity index (χ1v) is 9.74. The summed E-state index contributed by atoms with van der Waals surface area (Å²) in [6.07, 6.45) is 6.19. The zero-order valence-electron chi connectivity index (χ0n) is 16.4. The summed E-state index contributed by atoms with van der Waals surface area (Å²) in [5.74, 6) is 5.62. The van der Waals surface area contributed by atoms with Gasteiger partial charge >= 0.3 is 0 Å². The van der Waals surface area contributed by atoms with E-state index >= 15 is 0 Å². The van der Waals surface area contributed by atoms with E-state index in [4.69, 9.17) is 5.84 Å². The van der Waals surface area contributed by atoms with Gasteiger partial charge in [0.25, 0.3) is 11.5 Å². The molecule has 1 aromatic carbocycles. The minimum Gasteiger partial charge on any atom is -0.306 e. The zero-order chi connectivity index (χ0) is 20.8. The number of fused-ring (bicyclic) bond motifs is 1. The average Bonchev–Trinajstić information content (AvgIpc) is 3.50. The van der Waals surface area contributed by atoms with E-state index in [2.05, 4.69) is 15.4 Å². The lowest BCUT2D eigenvalue weighted by atomic mass is 10.1. The van der Waals surface area contributed by atoms with Crippen LogP contribution in [0.25, 0.3) is 22.3 Å². The Hall–Kier alpha value is -3.78. The largest absolute Gasteiger partial charge is 0.306 e. The number of pyridine rings is 2. The van der Waals surface area contributed by atoms with Crippen molar-refractivity contribution in [1.29, 1.82) is 0 Å². The minimum absolute atomic E-state index is 0.140. The summed E-state index contributed by atoms with van der Waals surface area (Å²) in [7, 11) is 0. The molecule has 0 atom stereocenters. The highest BCUT2D eigenvalue weighted by atomic mass is 16.2. The Balaban J connectivity index is 1.64. The molecule has 0 saturated heterocycles. The quantitative estimate of drug-likeness (QED) is 0.311. The number of rotatable bonds is 4. The fourth-order valence-corrected chi connectivity index (χ4v) is 3.69. The lowest BCUT2D eigenvalue weighted by molar-refractivity contribution is 0.0948. The predicted molar refractivity (Wildman–Crippen MR) is 113 cm³/mol. The van der Waals surface area contributed by atoms with Gasteiger partial charge in [-0.15, -0.1) is 0 Å². The summed E-state index contributed by atoms with van der Waals surface area (Å²) in [5, 5.41) is 1.41. The maximum absolute atomic E-state index is 13.4. The van der Waals surface area contributed by atoms with Crippen molar-refractivity contribution in [3.05, 3.63) is 82.4 Å². The van der Waals surface area contributed by atoms with Crippen LogP contribution in [0.1, 0.15) is 40.6 Å². The van der Waals surface area contributed by atoms with Crippen LogP contribution < -0.4 is 16.8 Å². The molecule has 1 aliphatic rings. The molecule has 3 heterocycles. The van der Waals surface area contributed by atoms with Gasteiger partial charge in [0.05, 0.1) is 12.0 Å². The van der Waals surface area contributed by atoms with Gasteiger partial charge in [0, 0.05) is 28.9 Å². The Morgan fingerprint density at radius 3 is 2.80 bits per heavy atom. The van der Waals surface area contributed by atoms with Gasteiger partial charge in [-0.05, 0) is 55.5 Å². The molecule has 30 heavy (non-hydrogen) atoms.